The third-order valence-electron chi connectivity index (χ3n) is 6.32. The minimum Gasteiger partial charge on any atom is -0.472 e. The van der Waals surface area contributed by atoms with Gasteiger partial charge < -0.3 is 29.2 Å². The van der Waals surface area contributed by atoms with Gasteiger partial charge in [0, 0.05) is 25.2 Å². The number of morpholine rings is 1. The largest absolute Gasteiger partial charge is 0.472 e. The van der Waals surface area contributed by atoms with E-state index in [9.17, 15) is 9.59 Å². The van der Waals surface area contributed by atoms with Crippen LogP contribution in [0, 0.1) is 0 Å². The number of hydrogen-bond donors (Lipinski definition) is 1. The molecular weight excluding hydrogens is 484 g/mol. The van der Waals surface area contributed by atoms with Gasteiger partial charge in [0.1, 0.15) is 30.5 Å². The lowest BCUT2D eigenvalue weighted by Crippen LogP contribution is -2.48. The van der Waals surface area contributed by atoms with Crippen molar-refractivity contribution in [2.24, 2.45) is 0 Å². The molecule has 1 saturated heterocycles. The number of hydrogen-bond acceptors (Lipinski definition) is 11. The van der Waals surface area contributed by atoms with Crippen molar-refractivity contribution >= 4 is 29.1 Å². The Hall–Kier alpha value is -1.66. The van der Waals surface area contributed by atoms with Crippen LogP contribution in [-0.4, -0.2) is 89.2 Å². The van der Waals surface area contributed by atoms with E-state index in [1.54, 1.807) is 13.8 Å². The van der Waals surface area contributed by atoms with Gasteiger partial charge in [-0.3, -0.25) is 9.59 Å². The molecule has 0 bridgehead atoms. The molecule has 2 heterocycles. The monoisotopic (exact) mass is 528 g/mol. The zero-order chi connectivity index (χ0) is 26.9. The molecule has 206 valence electrons. The molecule has 0 aromatic carbocycles. The minimum absolute atomic E-state index is 0.104. The first-order valence-corrected chi connectivity index (χ1v) is 13.5. The highest BCUT2D eigenvalue weighted by atomic mass is 32.1. The van der Waals surface area contributed by atoms with Crippen molar-refractivity contribution in [3.8, 4) is 5.88 Å². The molecule has 0 amide bonds. The Bertz CT molecular complexity index is 839. The molecule has 1 aromatic rings. The predicted octanol–water partition coefficient (Wildman–Crippen LogP) is 3.04. The van der Waals surface area contributed by atoms with Crippen molar-refractivity contribution in [2.75, 3.05) is 44.4 Å². The molecule has 1 aliphatic heterocycles. The average molecular weight is 529 g/mol. The summed E-state index contributed by atoms with van der Waals surface area (Å²) >= 11 is 1.10. The zero-order valence-corrected chi connectivity index (χ0v) is 23.9. The van der Waals surface area contributed by atoms with Gasteiger partial charge in [0.25, 0.3) is 5.88 Å². The summed E-state index contributed by atoms with van der Waals surface area (Å²) in [6.45, 7) is 18.3. The Morgan fingerprint density at radius 3 is 2.39 bits per heavy atom. The molecule has 10 nitrogen and oxygen atoms in total. The van der Waals surface area contributed by atoms with Crippen molar-refractivity contribution < 1.29 is 28.5 Å². The maximum atomic E-state index is 13.3. The molecule has 4 atom stereocenters. The quantitative estimate of drug-likeness (QED) is 0.364. The Labute approximate surface area is 219 Å². The molecular formula is C25H44N4O6S. The van der Waals surface area contributed by atoms with Crippen molar-refractivity contribution in [3.63, 3.8) is 0 Å². The predicted molar refractivity (Wildman–Crippen MR) is 140 cm³/mol. The van der Waals surface area contributed by atoms with Crippen molar-refractivity contribution in [1.82, 2.24) is 14.1 Å². The van der Waals surface area contributed by atoms with Crippen LogP contribution in [-0.2, 0) is 23.8 Å². The average Bonchev–Trinajstić information content (AvgIpc) is 3.31. The summed E-state index contributed by atoms with van der Waals surface area (Å²) in [6.07, 6.45) is -0.947. The highest BCUT2D eigenvalue weighted by Gasteiger charge is 2.36. The third-order valence-corrected chi connectivity index (χ3v) is 6.82. The summed E-state index contributed by atoms with van der Waals surface area (Å²) in [6, 6.07) is 0. The fourth-order valence-corrected chi connectivity index (χ4v) is 4.22. The molecule has 1 aromatic heterocycles. The van der Waals surface area contributed by atoms with E-state index in [-0.39, 0.29) is 23.7 Å². The third kappa shape index (κ3) is 9.02. The number of carbonyl (C=O) groups is 2. The number of nitrogens with zero attached hydrogens (tertiary/aromatic N) is 3. The first kappa shape index (κ1) is 30.6. The lowest BCUT2D eigenvalue weighted by atomic mass is 9.97. The maximum Gasteiger partial charge on any atom is 0.270 e. The minimum atomic E-state index is -1.00. The smallest absolute Gasteiger partial charge is 0.270 e. The summed E-state index contributed by atoms with van der Waals surface area (Å²) in [5.74, 6) is 0.872. The first-order chi connectivity index (χ1) is 16.9. The molecule has 0 aliphatic carbocycles. The fraction of sp³-hybridized carbons (Fsp3) is 0.840. The number of anilines is 1. The molecule has 11 heteroatoms. The van der Waals surface area contributed by atoms with Crippen molar-refractivity contribution in [3.05, 3.63) is 0 Å². The van der Waals surface area contributed by atoms with E-state index in [0.29, 0.717) is 44.3 Å². The van der Waals surface area contributed by atoms with Gasteiger partial charge in [-0.2, -0.15) is 4.37 Å². The van der Waals surface area contributed by atoms with Gasteiger partial charge in [0.2, 0.25) is 5.82 Å². The normalized spacial score (nSPS) is 18.8. The van der Waals surface area contributed by atoms with Crippen LogP contribution in [0.3, 0.4) is 0 Å². The SMILES string of the molecule is CCC(O[C@@H](CNC(C)(C)C)COc1nsnc1N1CCOCC1)C(=O)[C@@H](C)OC(C)(CC)C(C)=O. The van der Waals surface area contributed by atoms with E-state index in [1.807, 2.05) is 13.8 Å². The Morgan fingerprint density at radius 1 is 1.17 bits per heavy atom. The molecule has 0 spiro atoms. The van der Waals surface area contributed by atoms with Crippen LogP contribution in [0.15, 0.2) is 0 Å². The van der Waals surface area contributed by atoms with Crippen LogP contribution in [0.4, 0.5) is 5.82 Å². The second-order valence-electron chi connectivity index (χ2n) is 10.4. The number of carbonyl (C=O) groups excluding carboxylic acids is 2. The molecule has 1 N–H and O–H groups in total. The van der Waals surface area contributed by atoms with Crippen LogP contribution < -0.4 is 15.0 Å². The van der Waals surface area contributed by atoms with Crippen LogP contribution in [0.5, 0.6) is 5.88 Å². The van der Waals surface area contributed by atoms with Gasteiger partial charge in [-0.15, -0.1) is 4.37 Å². The highest BCUT2D eigenvalue weighted by Crippen LogP contribution is 2.27. The molecule has 0 saturated carbocycles. The number of ketones is 2. The molecule has 36 heavy (non-hydrogen) atoms. The number of ether oxygens (including phenoxy) is 4. The molecule has 0 radical (unpaired) electrons. The van der Waals surface area contributed by atoms with Gasteiger partial charge in [-0.1, -0.05) is 13.8 Å². The number of rotatable bonds is 15. The molecule has 2 unspecified atom stereocenters. The topological polar surface area (TPSA) is 112 Å². The van der Waals surface area contributed by atoms with Crippen LogP contribution >= 0.6 is 11.7 Å². The van der Waals surface area contributed by atoms with Gasteiger partial charge in [0.05, 0.1) is 24.9 Å². The van der Waals surface area contributed by atoms with Crippen LogP contribution in [0.1, 0.15) is 68.2 Å². The Balaban J connectivity index is 2.09. The standard InChI is InChI=1S/C25H44N4O6S/c1-9-20(21(31)17(3)35-25(8,10-2)18(4)30)34-19(15-26-24(5,6)7)16-33-23-22(27-36-28-23)29-11-13-32-14-12-29/h17,19-20,26H,9-16H2,1-8H3/t17-,19+,20?,25?/m1/s1. The van der Waals surface area contributed by atoms with Crippen LogP contribution in [0.25, 0.3) is 0 Å². The summed E-state index contributed by atoms with van der Waals surface area (Å²) in [4.78, 5) is 27.4. The summed E-state index contributed by atoms with van der Waals surface area (Å²) < 4.78 is 32.5. The summed E-state index contributed by atoms with van der Waals surface area (Å²) in [5, 5.41) is 3.44. The first-order valence-electron chi connectivity index (χ1n) is 12.8. The van der Waals surface area contributed by atoms with E-state index in [1.165, 1.54) is 6.92 Å². The van der Waals surface area contributed by atoms with E-state index in [0.717, 1.165) is 24.8 Å². The lowest BCUT2D eigenvalue weighted by Gasteiger charge is -2.32. The van der Waals surface area contributed by atoms with Gasteiger partial charge in [-0.05, 0) is 54.4 Å². The van der Waals surface area contributed by atoms with Gasteiger partial charge in [0.15, 0.2) is 11.6 Å². The number of nitrogens with one attached hydrogen (secondary N) is 1. The number of Topliss-reactive ketones (excluding diaryl/α,β-unsaturated/α-hetero) is 2. The summed E-state index contributed by atoms with van der Waals surface area (Å²) in [5.41, 5.74) is -1.15. The fourth-order valence-electron chi connectivity index (χ4n) is 3.70. The van der Waals surface area contributed by atoms with Crippen molar-refractivity contribution in [1.29, 1.82) is 0 Å². The van der Waals surface area contributed by atoms with Crippen molar-refractivity contribution in [2.45, 2.75) is 97.7 Å². The second kappa shape index (κ2) is 13.8. The molecule has 2 rings (SSSR count). The molecule has 1 aliphatic rings. The van der Waals surface area contributed by atoms with E-state index >= 15 is 0 Å². The second-order valence-corrected chi connectivity index (χ2v) is 10.9. The van der Waals surface area contributed by atoms with Gasteiger partial charge in [-0.25, -0.2) is 0 Å². The number of aromatic nitrogens is 2. The molecule has 1 fully saturated rings. The van der Waals surface area contributed by atoms with E-state index in [2.05, 4.69) is 39.7 Å². The zero-order valence-electron chi connectivity index (χ0n) is 23.1. The lowest BCUT2D eigenvalue weighted by molar-refractivity contribution is -0.164. The van der Waals surface area contributed by atoms with Crippen LogP contribution in [0.2, 0.25) is 0 Å². The van der Waals surface area contributed by atoms with Gasteiger partial charge >= 0.3 is 0 Å². The van der Waals surface area contributed by atoms with E-state index < -0.39 is 23.9 Å². The highest BCUT2D eigenvalue weighted by molar-refractivity contribution is 6.99. The Morgan fingerprint density at radius 2 is 1.83 bits per heavy atom. The maximum absolute atomic E-state index is 13.3. The Kier molecular flexibility index (Phi) is 11.7. The summed E-state index contributed by atoms with van der Waals surface area (Å²) in [7, 11) is 0. The van der Waals surface area contributed by atoms with E-state index in [4.69, 9.17) is 18.9 Å².